The van der Waals surface area contributed by atoms with Gasteiger partial charge in [0.1, 0.15) is 0 Å². The van der Waals surface area contributed by atoms with Crippen LogP contribution in [-0.4, -0.2) is 97.6 Å². The van der Waals surface area contributed by atoms with E-state index >= 15 is 0 Å². The molecule has 148 valence electrons. The predicted molar refractivity (Wildman–Crippen MR) is 123 cm³/mol. The predicted octanol–water partition coefficient (Wildman–Crippen LogP) is 5.75. The molecule has 0 heterocycles. The standard InChI is InChI=1S/C16H36O4P4Si/c1-19-15(17)25(16(18)20-2,11-13(21(3)4)22(5)6)12-14(23(7)8)24(9)10/h13-14H,11-12H2,1-10H3. The Labute approximate surface area is 160 Å². The first-order valence-corrected chi connectivity index (χ1v) is 19.9. The van der Waals surface area contributed by atoms with Crippen molar-refractivity contribution in [3.63, 3.8) is 0 Å². The minimum atomic E-state index is -3.04. The van der Waals surface area contributed by atoms with Crippen molar-refractivity contribution in [1.29, 1.82) is 0 Å². The second-order valence-electron chi connectivity index (χ2n) is 7.29. The molecule has 0 aromatic rings. The molecule has 25 heavy (non-hydrogen) atoms. The summed E-state index contributed by atoms with van der Waals surface area (Å²) in [7, 11) is -1.10. The molecule has 0 aromatic carbocycles. The highest BCUT2D eigenvalue weighted by Crippen LogP contribution is 2.58. The summed E-state index contributed by atoms with van der Waals surface area (Å²) in [6, 6.07) is 1.37. The Morgan fingerprint density at radius 2 is 0.920 bits per heavy atom. The lowest BCUT2D eigenvalue weighted by Crippen LogP contribution is -2.55. The summed E-state index contributed by atoms with van der Waals surface area (Å²) in [5.74, 6) is 0. The molecule has 0 aliphatic heterocycles. The Morgan fingerprint density at radius 3 is 1.08 bits per heavy atom. The molecule has 0 radical (unpaired) electrons. The Kier molecular flexibility index (Phi) is 12.1. The monoisotopic (exact) mass is 444 g/mol. The Balaban J connectivity index is 6.14. The van der Waals surface area contributed by atoms with Crippen molar-refractivity contribution < 1.29 is 19.1 Å². The summed E-state index contributed by atoms with van der Waals surface area (Å²) in [5.41, 5.74) is -0.562. The van der Waals surface area contributed by atoms with E-state index in [4.69, 9.17) is 9.47 Å². The molecular weight excluding hydrogens is 408 g/mol. The number of methoxy groups -OCH3 is 2. The maximum absolute atomic E-state index is 13.0. The van der Waals surface area contributed by atoms with Crippen molar-refractivity contribution in [2.45, 2.75) is 22.9 Å². The highest BCUT2D eigenvalue weighted by atomic mass is 31.2. The molecule has 0 fully saturated rings. The highest BCUT2D eigenvalue weighted by molar-refractivity contribution is 7.75. The second-order valence-corrected chi connectivity index (χ2v) is 22.1. The molecule has 0 saturated carbocycles. The van der Waals surface area contributed by atoms with Crippen LogP contribution in [0.25, 0.3) is 0 Å². The van der Waals surface area contributed by atoms with E-state index < -0.39 is 8.07 Å². The molecule has 0 rings (SSSR count). The van der Waals surface area contributed by atoms with Gasteiger partial charge < -0.3 is 9.47 Å². The summed E-state index contributed by atoms with van der Waals surface area (Å²) in [6.45, 7) is 18.1. The topological polar surface area (TPSA) is 52.6 Å². The van der Waals surface area contributed by atoms with E-state index in [0.717, 1.165) is 0 Å². The average Bonchev–Trinajstić information content (AvgIpc) is 2.52. The largest absolute Gasteiger partial charge is 0.473 e. The van der Waals surface area contributed by atoms with Crippen LogP contribution in [0.4, 0.5) is 9.59 Å². The second kappa shape index (κ2) is 11.7. The summed E-state index contributed by atoms with van der Waals surface area (Å²) in [4.78, 5) is 25.9. The number of hydrogen-bond acceptors (Lipinski definition) is 4. The number of ether oxygens (including phenoxy) is 2. The molecule has 0 atom stereocenters. The zero-order chi connectivity index (χ0) is 19.9. The van der Waals surface area contributed by atoms with Gasteiger partial charge in [-0.1, -0.05) is 0 Å². The number of rotatable bonds is 10. The molecule has 0 N–H and O–H groups in total. The summed E-state index contributed by atoms with van der Waals surface area (Å²) in [5, 5.41) is 0.880. The van der Waals surface area contributed by atoms with Crippen LogP contribution in [0.2, 0.25) is 12.1 Å². The van der Waals surface area contributed by atoms with Crippen molar-refractivity contribution in [1.82, 2.24) is 0 Å². The van der Waals surface area contributed by atoms with Crippen LogP contribution in [0, 0.1) is 0 Å². The third kappa shape index (κ3) is 7.08. The SMILES string of the molecule is COC(=O)[Si](CC(P(C)C)P(C)C)(CC(P(C)C)P(C)C)C(=O)OC. The summed E-state index contributed by atoms with van der Waals surface area (Å²) >= 11 is 0. The Bertz CT molecular complexity index is 388. The van der Waals surface area contributed by atoms with Gasteiger partial charge in [-0.3, -0.25) is 9.59 Å². The first-order valence-electron chi connectivity index (χ1n) is 8.27. The van der Waals surface area contributed by atoms with Crippen LogP contribution in [0.15, 0.2) is 0 Å². The Hall–Kier alpha value is 0.877. The van der Waals surface area contributed by atoms with Crippen molar-refractivity contribution >= 4 is 50.9 Å². The lowest BCUT2D eigenvalue weighted by Gasteiger charge is -2.37. The quantitative estimate of drug-likeness (QED) is 0.318. The molecule has 0 amide bonds. The molecule has 0 aliphatic carbocycles. The first-order chi connectivity index (χ1) is 11.4. The van der Waals surface area contributed by atoms with Gasteiger partial charge in [-0.2, -0.15) is 0 Å². The summed E-state index contributed by atoms with van der Waals surface area (Å²) < 4.78 is 10.4. The minimum Gasteiger partial charge on any atom is -0.473 e. The van der Waals surface area contributed by atoms with Crippen LogP contribution in [0.5, 0.6) is 0 Å². The molecule has 0 aromatic heterocycles. The van der Waals surface area contributed by atoms with Crippen LogP contribution >= 0.6 is 31.7 Å². The molecule has 9 heteroatoms. The number of carbonyl (C=O) groups is 2. The van der Waals surface area contributed by atoms with E-state index in [0.29, 0.717) is 22.9 Å². The van der Waals surface area contributed by atoms with Gasteiger partial charge in [-0.05, 0) is 76.2 Å². The van der Waals surface area contributed by atoms with Gasteiger partial charge in [0, 0.05) is 0 Å². The molecule has 0 unspecified atom stereocenters. The number of carbonyl (C=O) groups excluding carboxylic acids is 2. The van der Waals surface area contributed by atoms with Gasteiger partial charge in [-0.15, -0.1) is 31.7 Å². The van der Waals surface area contributed by atoms with Crippen LogP contribution < -0.4 is 0 Å². The van der Waals surface area contributed by atoms with Crippen LogP contribution in [0.3, 0.4) is 0 Å². The van der Waals surface area contributed by atoms with E-state index in [9.17, 15) is 9.59 Å². The van der Waals surface area contributed by atoms with E-state index in [2.05, 4.69) is 53.3 Å². The van der Waals surface area contributed by atoms with Crippen molar-refractivity contribution in [3.8, 4) is 0 Å². The van der Waals surface area contributed by atoms with E-state index in [1.54, 1.807) is 0 Å². The average molecular weight is 444 g/mol. The summed E-state index contributed by atoms with van der Waals surface area (Å²) in [6.07, 6.45) is 0. The molecule has 0 aliphatic rings. The first kappa shape index (κ1) is 25.9. The molecule has 0 saturated heterocycles. The third-order valence-corrected chi connectivity index (χ3v) is 21.2. The van der Waals surface area contributed by atoms with Crippen molar-refractivity contribution in [2.24, 2.45) is 0 Å². The fraction of sp³-hybridized carbons (Fsp3) is 0.875. The normalized spacial score (nSPS) is 12.8. The van der Waals surface area contributed by atoms with E-state index in [1.165, 1.54) is 14.2 Å². The smallest absolute Gasteiger partial charge is 0.313 e. The Morgan fingerprint density at radius 1 is 0.680 bits per heavy atom. The van der Waals surface area contributed by atoms with Crippen LogP contribution in [-0.2, 0) is 9.47 Å². The zero-order valence-corrected chi connectivity index (χ0v) is 22.1. The lowest BCUT2D eigenvalue weighted by molar-refractivity contribution is 0.185. The van der Waals surface area contributed by atoms with Gasteiger partial charge in [0.25, 0.3) is 11.2 Å². The maximum Gasteiger partial charge on any atom is 0.313 e. The molecule has 0 bridgehead atoms. The minimum absolute atomic E-state index is 0.224. The van der Waals surface area contributed by atoms with E-state index in [1.807, 2.05) is 0 Å². The van der Waals surface area contributed by atoms with Gasteiger partial charge in [-0.25, -0.2) is 0 Å². The highest BCUT2D eigenvalue weighted by Gasteiger charge is 2.56. The molecule has 0 spiro atoms. The van der Waals surface area contributed by atoms with Gasteiger partial charge in [0.2, 0.25) is 0 Å². The fourth-order valence-electron chi connectivity index (χ4n) is 3.17. The maximum atomic E-state index is 13.0. The number of hydrogen-bond donors (Lipinski definition) is 0. The van der Waals surface area contributed by atoms with Gasteiger partial charge >= 0.3 is 8.07 Å². The molecular formula is C16H36O4P4Si. The van der Waals surface area contributed by atoms with Crippen LogP contribution in [0.1, 0.15) is 0 Å². The van der Waals surface area contributed by atoms with Crippen molar-refractivity contribution in [3.05, 3.63) is 0 Å². The van der Waals surface area contributed by atoms with Gasteiger partial charge in [0.05, 0.1) is 14.2 Å². The van der Waals surface area contributed by atoms with Gasteiger partial charge in [0.15, 0.2) is 0 Å². The fourth-order valence-corrected chi connectivity index (χ4v) is 23.2. The van der Waals surface area contributed by atoms with Crippen molar-refractivity contribution in [2.75, 3.05) is 67.5 Å². The lowest BCUT2D eigenvalue weighted by atomic mass is 10.9. The zero-order valence-electron chi connectivity index (χ0n) is 17.5. The van der Waals surface area contributed by atoms with E-state index in [-0.39, 0.29) is 42.9 Å². The molecule has 4 nitrogen and oxygen atoms in total. The third-order valence-electron chi connectivity index (χ3n) is 4.60.